The van der Waals surface area contributed by atoms with Gasteiger partial charge in [-0.05, 0) is 37.6 Å². The van der Waals surface area contributed by atoms with Gasteiger partial charge in [0.2, 0.25) is 15.9 Å². The molecule has 0 spiro atoms. The van der Waals surface area contributed by atoms with E-state index in [-0.39, 0.29) is 10.5 Å². The van der Waals surface area contributed by atoms with Crippen LogP contribution in [0.25, 0.3) is 0 Å². The number of sulfonamides is 1. The molecule has 1 aromatic carbocycles. The van der Waals surface area contributed by atoms with Crippen molar-refractivity contribution in [2.24, 2.45) is 5.73 Å². The molecule has 1 saturated heterocycles. The maximum atomic E-state index is 12.3. The smallest absolute Gasteiger partial charge is 0.249 e. The van der Waals surface area contributed by atoms with Gasteiger partial charge in [0.15, 0.2) is 0 Å². The van der Waals surface area contributed by atoms with Gasteiger partial charge >= 0.3 is 0 Å². The number of nitrogens with zero attached hydrogens (tertiary/aromatic N) is 1. The van der Waals surface area contributed by atoms with Gasteiger partial charge in [-0.15, -0.1) is 0 Å². The molecule has 8 heteroatoms. The lowest BCUT2D eigenvalue weighted by Crippen LogP contribution is -2.44. The molecule has 0 atom stereocenters. The molecule has 0 radical (unpaired) electrons. The van der Waals surface area contributed by atoms with Crippen molar-refractivity contribution in [3.63, 3.8) is 0 Å². The zero-order valence-corrected chi connectivity index (χ0v) is 14.2. The number of primary amides is 1. The van der Waals surface area contributed by atoms with Gasteiger partial charge in [0.05, 0.1) is 4.90 Å². The average molecular weight is 340 g/mol. The topological polar surface area (TPSA) is 105 Å². The molecule has 1 heterocycles. The number of nitrogens with two attached hydrogens (primary N) is 1. The minimum Gasteiger partial charge on any atom is -0.366 e. The number of carbonyl (C=O) groups excluding carboxylic acids is 1. The van der Waals surface area contributed by atoms with Crippen molar-refractivity contribution in [1.29, 1.82) is 0 Å². The SMILES string of the molecule is Cc1ccc(S(=O)(=O)NCCCN2CCNCC2)cc1C(N)=O. The molecule has 1 amide bonds. The largest absolute Gasteiger partial charge is 0.366 e. The van der Waals surface area contributed by atoms with E-state index in [1.807, 2.05) is 0 Å². The summed E-state index contributed by atoms with van der Waals surface area (Å²) in [6, 6.07) is 4.41. The summed E-state index contributed by atoms with van der Waals surface area (Å²) in [5, 5.41) is 3.28. The molecule has 128 valence electrons. The van der Waals surface area contributed by atoms with Crippen molar-refractivity contribution >= 4 is 15.9 Å². The van der Waals surface area contributed by atoms with Crippen LogP contribution >= 0.6 is 0 Å². The maximum absolute atomic E-state index is 12.3. The molecule has 23 heavy (non-hydrogen) atoms. The third-order valence-corrected chi connectivity index (χ3v) is 5.40. The highest BCUT2D eigenvalue weighted by atomic mass is 32.2. The fraction of sp³-hybridized carbons (Fsp3) is 0.533. The monoisotopic (exact) mass is 340 g/mol. The minimum absolute atomic E-state index is 0.0686. The maximum Gasteiger partial charge on any atom is 0.249 e. The molecule has 1 aromatic rings. The Morgan fingerprint density at radius 2 is 2.04 bits per heavy atom. The number of amides is 1. The highest BCUT2D eigenvalue weighted by Gasteiger charge is 2.17. The van der Waals surface area contributed by atoms with Crippen molar-refractivity contribution in [3.8, 4) is 0 Å². The number of nitrogens with one attached hydrogen (secondary N) is 2. The fourth-order valence-electron chi connectivity index (χ4n) is 2.56. The summed E-state index contributed by atoms with van der Waals surface area (Å²) in [7, 11) is -3.62. The third-order valence-electron chi connectivity index (χ3n) is 3.94. The quantitative estimate of drug-likeness (QED) is 0.590. The van der Waals surface area contributed by atoms with Crippen molar-refractivity contribution < 1.29 is 13.2 Å². The lowest BCUT2D eigenvalue weighted by atomic mass is 10.1. The van der Waals surface area contributed by atoms with E-state index in [9.17, 15) is 13.2 Å². The summed E-state index contributed by atoms with van der Waals surface area (Å²) in [5.41, 5.74) is 6.16. The number of carbonyl (C=O) groups is 1. The van der Waals surface area contributed by atoms with Crippen LogP contribution in [0.4, 0.5) is 0 Å². The van der Waals surface area contributed by atoms with Gasteiger partial charge in [-0.1, -0.05) is 6.07 Å². The van der Waals surface area contributed by atoms with Gasteiger partial charge < -0.3 is 16.0 Å². The molecule has 0 aromatic heterocycles. The summed E-state index contributed by atoms with van der Waals surface area (Å²) in [6.07, 6.45) is 0.744. The normalized spacial score (nSPS) is 16.4. The molecule has 1 aliphatic rings. The second-order valence-electron chi connectivity index (χ2n) is 5.68. The van der Waals surface area contributed by atoms with Gasteiger partial charge in [0.1, 0.15) is 0 Å². The second-order valence-corrected chi connectivity index (χ2v) is 7.45. The molecule has 7 nitrogen and oxygen atoms in total. The highest BCUT2D eigenvalue weighted by molar-refractivity contribution is 7.89. The summed E-state index contributed by atoms with van der Waals surface area (Å²) in [5.74, 6) is -0.627. The van der Waals surface area contributed by atoms with Crippen molar-refractivity contribution in [2.45, 2.75) is 18.2 Å². The van der Waals surface area contributed by atoms with Crippen LogP contribution in [0.2, 0.25) is 0 Å². The lowest BCUT2D eigenvalue weighted by Gasteiger charge is -2.27. The number of benzene rings is 1. The van der Waals surface area contributed by atoms with E-state index < -0.39 is 15.9 Å². The Kier molecular flexibility index (Phi) is 6.11. The number of rotatable bonds is 7. The zero-order chi connectivity index (χ0) is 16.9. The van der Waals surface area contributed by atoms with Crippen molar-refractivity contribution in [2.75, 3.05) is 39.3 Å². The summed E-state index contributed by atoms with van der Waals surface area (Å²) < 4.78 is 27.1. The summed E-state index contributed by atoms with van der Waals surface area (Å²) in [6.45, 7) is 6.89. The highest BCUT2D eigenvalue weighted by Crippen LogP contribution is 2.15. The van der Waals surface area contributed by atoms with Gasteiger partial charge in [-0.2, -0.15) is 0 Å². The zero-order valence-electron chi connectivity index (χ0n) is 13.3. The van der Waals surface area contributed by atoms with Crippen LogP contribution in [-0.2, 0) is 10.0 Å². The lowest BCUT2D eigenvalue weighted by molar-refractivity contribution is 0.0999. The number of aryl methyl sites for hydroxylation is 1. The summed E-state index contributed by atoms with van der Waals surface area (Å²) in [4.78, 5) is 13.7. The van der Waals surface area contributed by atoms with E-state index in [0.717, 1.165) is 39.1 Å². The summed E-state index contributed by atoms with van der Waals surface area (Å²) >= 11 is 0. The first-order chi connectivity index (χ1) is 10.9. The number of hydrogen-bond donors (Lipinski definition) is 3. The van der Waals surface area contributed by atoms with Crippen LogP contribution in [0.3, 0.4) is 0 Å². The minimum atomic E-state index is -3.62. The van der Waals surface area contributed by atoms with Crippen molar-refractivity contribution in [1.82, 2.24) is 14.9 Å². The molecule has 0 aliphatic carbocycles. The average Bonchev–Trinajstić information content (AvgIpc) is 2.52. The Labute approximate surface area is 137 Å². The molecule has 0 bridgehead atoms. The van der Waals surface area contributed by atoms with E-state index in [2.05, 4.69) is 14.9 Å². The van der Waals surface area contributed by atoms with Gasteiger partial charge in [-0.3, -0.25) is 4.79 Å². The molecule has 1 aliphatic heterocycles. The third kappa shape index (κ3) is 5.00. The first kappa shape index (κ1) is 17.9. The van der Waals surface area contributed by atoms with E-state index >= 15 is 0 Å². The standard InChI is InChI=1S/C15H24N4O3S/c1-12-3-4-13(11-14(12)15(16)20)23(21,22)18-5-2-8-19-9-6-17-7-10-19/h3-4,11,17-18H,2,5-10H2,1H3,(H2,16,20). The van der Waals surface area contributed by atoms with E-state index in [1.54, 1.807) is 13.0 Å². The van der Waals surface area contributed by atoms with E-state index in [0.29, 0.717) is 12.1 Å². The predicted octanol–water partition coefficient (Wildman–Crippen LogP) is -0.332. The first-order valence-electron chi connectivity index (χ1n) is 7.73. The van der Waals surface area contributed by atoms with Crippen LogP contribution < -0.4 is 15.8 Å². The fourth-order valence-corrected chi connectivity index (χ4v) is 3.66. The van der Waals surface area contributed by atoms with E-state index in [4.69, 9.17) is 5.73 Å². The van der Waals surface area contributed by atoms with Gasteiger partial charge in [0.25, 0.3) is 0 Å². The Balaban J connectivity index is 1.91. The number of hydrogen-bond acceptors (Lipinski definition) is 5. The molecule has 1 fully saturated rings. The Morgan fingerprint density at radius 3 is 2.70 bits per heavy atom. The molecule has 4 N–H and O–H groups in total. The Bertz CT molecular complexity index is 655. The van der Waals surface area contributed by atoms with Crippen LogP contribution in [0.15, 0.2) is 23.1 Å². The first-order valence-corrected chi connectivity index (χ1v) is 9.21. The molecule has 0 unspecified atom stereocenters. The van der Waals surface area contributed by atoms with Crippen LogP contribution in [-0.4, -0.2) is 58.5 Å². The van der Waals surface area contributed by atoms with Gasteiger partial charge in [0, 0.05) is 38.3 Å². The predicted molar refractivity (Wildman–Crippen MR) is 88.8 cm³/mol. The van der Waals surface area contributed by atoms with Crippen LogP contribution in [0.1, 0.15) is 22.3 Å². The number of piperazine rings is 1. The Morgan fingerprint density at radius 1 is 1.35 bits per heavy atom. The van der Waals surface area contributed by atoms with Crippen LogP contribution in [0.5, 0.6) is 0 Å². The molecular formula is C15H24N4O3S. The van der Waals surface area contributed by atoms with Gasteiger partial charge in [-0.25, -0.2) is 13.1 Å². The van der Waals surface area contributed by atoms with E-state index in [1.165, 1.54) is 12.1 Å². The van der Waals surface area contributed by atoms with Crippen molar-refractivity contribution in [3.05, 3.63) is 29.3 Å². The van der Waals surface area contributed by atoms with Crippen LogP contribution in [0, 0.1) is 6.92 Å². The second kappa shape index (κ2) is 7.87. The molecule has 2 rings (SSSR count). The molecule has 0 saturated carbocycles. The Hall–Kier alpha value is -1.48. The molecular weight excluding hydrogens is 316 g/mol.